The summed E-state index contributed by atoms with van der Waals surface area (Å²) in [5.74, 6) is 1.90. The van der Waals surface area contributed by atoms with Crippen molar-refractivity contribution in [3.05, 3.63) is 212 Å². The van der Waals surface area contributed by atoms with Crippen LogP contribution in [0.15, 0.2) is 211 Å². The number of aromatic nitrogens is 4. The van der Waals surface area contributed by atoms with Crippen molar-refractivity contribution in [2.75, 3.05) is 4.90 Å². The van der Waals surface area contributed by atoms with E-state index < -0.39 is 0 Å². The van der Waals surface area contributed by atoms with E-state index in [1.54, 1.807) is 0 Å². The molecule has 0 fully saturated rings. The maximum atomic E-state index is 6.79. The van der Waals surface area contributed by atoms with Gasteiger partial charge in [0.2, 0.25) is 0 Å². The Morgan fingerprint density at radius 1 is 0.403 bits per heavy atom. The van der Waals surface area contributed by atoms with Gasteiger partial charge in [0.15, 0.2) is 23.1 Å². The molecule has 0 amide bonds. The average molecular weight is 796 g/mol. The Bertz CT molecular complexity index is 3590. The van der Waals surface area contributed by atoms with Crippen molar-refractivity contribution in [2.24, 2.45) is 0 Å². The number of para-hydroxylation sites is 3. The predicted molar refractivity (Wildman–Crippen MR) is 255 cm³/mol. The van der Waals surface area contributed by atoms with Crippen molar-refractivity contribution in [3.63, 3.8) is 0 Å². The molecule has 0 bridgehead atoms. The van der Waals surface area contributed by atoms with Gasteiger partial charge in [-0.05, 0) is 90.0 Å². The van der Waals surface area contributed by atoms with Crippen molar-refractivity contribution in [1.29, 1.82) is 0 Å². The molecule has 3 aromatic heterocycles. The molecule has 12 rings (SSSR count). The highest BCUT2D eigenvalue weighted by Gasteiger charge is 2.22. The van der Waals surface area contributed by atoms with Gasteiger partial charge in [0.1, 0.15) is 5.58 Å². The number of hydrogen-bond donors (Lipinski definition) is 0. The first-order valence-corrected chi connectivity index (χ1v) is 20.9. The number of rotatable bonds is 7. The second-order valence-corrected chi connectivity index (χ2v) is 15.7. The SMILES string of the molecule is Cc1cccc2c1oc1c(N(c3ccc4ccccc4c3)c3ccc4c(c3)c3ccccc3n4-c3ccc(-c4nc(-c5ccccc5)nc(-c5ccccc5)n4)cc3)cccc12. The minimum atomic E-state index is 0.625. The zero-order valence-electron chi connectivity index (χ0n) is 33.8. The van der Waals surface area contributed by atoms with Gasteiger partial charge in [-0.3, -0.25) is 0 Å². The molecule has 12 aromatic rings. The summed E-state index contributed by atoms with van der Waals surface area (Å²) >= 11 is 0. The standard InChI is InChI=1S/C56H37N5O/c1-36-14-12-22-46-47-23-13-25-51(53(47)62-52(36)46)60(43-31-26-37-15-8-9-20-41(37)34-43)44-32-33-50-48(35-44)45-21-10-11-24-49(45)61(50)42-29-27-40(28-30-42)56-58-54(38-16-4-2-5-17-38)57-55(59-56)39-18-6-3-7-19-39/h2-35H,1H3. The highest BCUT2D eigenvalue weighted by atomic mass is 16.3. The van der Waals surface area contributed by atoms with Crippen molar-refractivity contribution in [1.82, 2.24) is 19.5 Å². The topological polar surface area (TPSA) is 60.0 Å². The molecule has 0 atom stereocenters. The fraction of sp³-hybridized carbons (Fsp3) is 0.0179. The number of anilines is 3. The molecular formula is C56H37N5O. The van der Waals surface area contributed by atoms with Crippen molar-refractivity contribution < 1.29 is 4.42 Å². The molecule has 0 spiro atoms. The van der Waals surface area contributed by atoms with Crippen molar-refractivity contribution in [3.8, 4) is 39.9 Å². The molecule has 6 nitrogen and oxygen atoms in total. The van der Waals surface area contributed by atoms with Crippen LogP contribution in [-0.4, -0.2) is 19.5 Å². The first kappa shape index (κ1) is 35.6. The number of aryl methyl sites for hydroxylation is 1. The van der Waals surface area contributed by atoms with E-state index in [4.69, 9.17) is 19.4 Å². The maximum Gasteiger partial charge on any atom is 0.164 e. The second kappa shape index (κ2) is 14.4. The summed E-state index contributed by atoms with van der Waals surface area (Å²) in [7, 11) is 0. The number of benzene rings is 9. The van der Waals surface area contributed by atoms with Crippen LogP contribution >= 0.6 is 0 Å². The van der Waals surface area contributed by atoms with Crippen molar-refractivity contribution in [2.45, 2.75) is 6.92 Å². The van der Waals surface area contributed by atoms with Gasteiger partial charge in [-0.15, -0.1) is 0 Å². The highest BCUT2D eigenvalue weighted by Crippen LogP contribution is 2.45. The lowest BCUT2D eigenvalue weighted by Crippen LogP contribution is -2.10. The zero-order chi connectivity index (χ0) is 41.1. The molecule has 0 aliphatic rings. The van der Waals surface area contributed by atoms with Crippen LogP contribution < -0.4 is 4.90 Å². The van der Waals surface area contributed by atoms with Gasteiger partial charge in [0.05, 0.1) is 16.7 Å². The summed E-state index contributed by atoms with van der Waals surface area (Å²) in [6, 6.07) is 72.2. The van der Waals surface area contributed by atoms with E-state index in [2.05, 4.69) is 162 Å². The van der Waals surface area contributed by atoms with Gasteiger partial charge < -0.3 is 13.9 Å². The Morgan fingerprint density at radius 2 is 0.952 bits per heavy atom. The molecular weight excluding hydrogens is 759 g/mol. The van der Waals surface area contributed by atoms with E-state index in [9.17, 15) is 0 Å². The van der Waals surface area contributed by atoms with Crippen LogP contribution in [-0.2, 0) is 0 Å². The van der Waals surface area contributed by atoms with E-state index in [1.807, 2.05) is 60.7 Å². The Morgan fingerprint density at radius 3 is 1.68 bits per heavy atom. The van der Waals surface area contributed by atoms with E-state index >= 15 is 0 Å². The fourth-order valence-electron chi connectivity index (χ4n) is 8.94. The van der Waals surface area contributed by atoms with Gasteiger partial charge in [0, 0.05) is 55.3 Å². The summed E-state index contributed by atoms with van der Waals surface area (Å²) in [5.41, 5.74) is 12.0. The highest BCUT2D eigenvalue weighted by molar-refractivity contribution is 6.13. The lowest BCUT2D eigenvalue weighted by atomic mass is 10.1. The normalized spacial score (nSPS) is 11.6. The Kier molecular flexibility index (Phi) is 8.28. The Balaban J connectivity index is 1.01. The molecule has 6 heteroatoms. The van der Waals surface area contributed by atoms with Gasteiger partial charge in [-0.25, -0.2) is 15.0 Å². The molecule has 0 saturated carbocycles. The van der Waals surface area contributed by atoms with E-state index in [-0.39, 0.29) is 0 Å². The van der Waals surface area contributed by atoms with Crippen LogP contribution in [0.1, 0.15) is 5.56 Å². The summed E-state index contributed by atoms with van der Waals surface area (Å²) in [6.07, 6.45) is 0. The van der Waals surface area contributed by atoms with Gasteiger partial charge in [-0.2, -0.15) is 0 Å². The van der Waals surface area contributed by atoms with Crippen molar-refractivity contribution >= 4 is 71.6 Å². The number of furan rings is 1. The molecule has 9 aromatic carbocycles. The van der Waals surface area contributed by atoms with E-state index in [0.717, 1.165) is 83.4 Å². The van der Waals surface area contributed by atoms with Gasteiger partial charge in [0.25, 0.3) is 0 Å². The molecule has 0 N–H and O–H groups in total. The molecule has 292 valence electrons. The number of fused-ring (bicyclic) bond motifs is 7. The Hall–Kier alpha value is -8.35. The summed E-state index contributed by atoms with van der Waals surface area (Å²) < 4.78 is 9.13. The molecule has 0 aliphatic carbocycles. The number of hydrogen-bond acceptors (Lipinski definition) is 5. The monoisotopic (exact) mass is 795 g/mol. The van der Waals surface area contributed by atoms with Crippen LogP contribution in [0, 0.1) is 6.92 Å². The third-order valence-electron chi connectivity index (χ3n) is 11.9. The van der Waals surface area contributed by atoms with Gasteiger partial charge in [-0.1, -0.05) is 140 Å². The first-order valence-electron chi connectivity index (χ1n) is 20.9. The van der Waals surface area contributed by atoms with Crippen LogP contribution in [0.5, 0.6) is 0 Å². The summed E-state index contributed by atoms with van der Waals surface area (Å²) in [6.45, 7) is 2.11. The lowest BCUT2D eigenvalue weighted by molar-refractivity contribution is 0.666. The maximum absolute atomic E-state index is 6.79. The minimum Gasteiger partial charge on any atom is -0.454 e. The molecule has 0 saturated heterocycles. The third kappa shape index (κ3) is 5.92. The Labute approximate surface area is 357 Å². The molecule has 0 unspecified atom stereocenters. The van der Waals surface area contributed by atoms with Crippen LogP contribution in [0.3, 0.4) is 0 Å². The van der Waals surface area contributed by atoms with Crippen LogP contribution in [0.4, 0.5) is 17.1 Å². The van der Waals surface area contributed by atoms with E-state index in [0.29, 0.717) is 17.5 Å². The minimum absolute atomic E-state index is 0.625. The molecule has 0 radical (unpaired) electrons. The predicted octanol–water partition coefficient (Wildman–Crippen LogP) is 14.8. The summed E-state index contributed by atoms with van der Waals surface area (Å²) in [4.78, 5) is 17.2. The third-order valence-corrected chi connectivity index (χ3v) is 11.9. The van der Waals surface area contributed by atoms with Gasteiger partial charge >= 0.3 is 0 Å². The summed E-state index contributed by atoms with van der Waals surface area (Å²) in [5, 5.41) is 6.90. The fourth-order valence-corrected chi connectivity index (χ4v) is 8.94. The smallest absolute Gasteiger partial charge is 0.164 e. The number of nitrogens with zero attached hydrogens (tertiary/aromatic N) is 5. The quantitative estimate of drug-likeness (QED) is 0.161. The lowest BCUT2D eigenvalue weighted by Gasteiger charge is -2.26. The molecule has 3 heterocycles. The first-order chi connectivity index (χ1) is 30.6. The molecule has 62 heavy (non-hydrogen) atoms. The zero-order valence-corrected chi connectivity index (χ0v) is 33.8. The largest absolute Gasteiger partial charge is 0.454 e. The van der Waals surface area contributed by atoms with Crippen LogP contribution in [0.2, 0.25) is 0 Å². The van der Waals surface area contributed by atoms with E-state index in [1.165, 1.54) is 16.2 Å². The second-order valence-electron chi connectivity index (χ2n) is 15.7. The molecule has 0 aliphatic heterocycles. The average Bonchev–Trinajstić information content (AvgIpc) is 3.89. The van der Waals surface area contributed by atoms with Crippen LogP contribution in [0.25, 0.3) is 94.4 Å².